The van der Waals surface area contributed by atoms with Crippen molar-refractivity contribution >= 4 is 27.8 Å². The summed E-state index contributed by atoms with van der Waals surface area (Å²) in [5.74, 6) is -0.516. The first kappa shape index (κ1) is 15.5. The molecule has 1 saturated heterocycles. The van der Waals surface area contributed by atoms with Crippen LogP contribution in [0.1, 0.15) is 30.9 Å². The van der Waals surface area contributed by atoms with Crippen LogP contribution in [0.4, 0.5) is 0 Å². The summed E-state index contributed by atoms with van der Waals surface area (Å²) in [4.78, 5) is 24.8. The summed E-state index contributed by atoms with van der Waals surface area (Å²) in [5.41, 5.74) is 0.573. The summed E-state index contributed by atoms with van der Waals surface area (Å²) in [6.07, 6.45) is 0.556. The zero-order chi connectivity index (χ0) is 16.0. The molecular formula is C16H18BrNO4. The first-order valence-corrected chi connectivity index (χ1v) is 8.04. The van der Waals surface area contributed by atoms with Gasteiger partial charge in [-0.1, -0.05) is 28.9 Å². The average Bonchev–Trinajstić information content (AvgIpc) is 2.47. The second-order valence-corrected chi connectivity index (χ2v) is 6.82. The van der Waals surface area contributed by atoms with Crippen LogP contribution in [0.3, 0.4) is 0 Å². The number of rotatable bonds is 3. The number of benzene rings is 1. The molecule has 0 radical (unpaired) electrons. The van der Waals surface area contributed by atoms with E-state index in [4.69, 9.17) is 9.47 Å². The number of hydrogen-bond acceptors (Lipinski definition) is 4. The van der Waals surface area contributed by atoms with Crippen LogP contribution in [0.2, 0.25) is 0 Å². The van der Waals surface area contributed by atoms with Gasteiger partial charge in [-0.25, -0.2) is 0 Å². The molecule has 3 rings (SSSR count). The fourth-order valence-electron chi connectivity index (χ4n) is 3.36. The van der Waals surface area contributed by atoms with Gasteiger partial charge in [0.1, 0.15) is 5.54 Å². The van der Waals surface area contributed by atoms with E-state index in [0.717, 1.165) is 15.6 Å². The van der Waals surface area contributed by atoms with E-state index in [-0.39, 0.29) is 18.3 Å². The molecule has 5 nitrogen and oxygen atoms in total. The molecule has 1 amide bonds. The number of amides is 1. The Morgan fingerprint density at radius 2 is 2.14 bits per heavy atom. The fourth-order valence-corrected chi connectivity index (χ4v) is 3.72. The van der Waals surface area contributed by atoms with E-state index >= 15 is 0 Å². The number of carbonyl (C=O) groups is 2. The van der Waals surface area contributed by atoms with Crippen LogP contribution in [0.15, 0.2) is 22.7 Å². The topological polar surface area (TPSA) is 64.6 Å². The van der Waals surface area contributed by atoms with E-state index in [1.807, 2.05) is 25.1 Å². The first-order valence-electron chi connectivity index (χ1n) is 7.25. The van der Waals surface area contributed by atoms with Crippen molar-refractivity contribution in [1.82, 2.24) is 5.32 Å². The molecule has 0 bridgehead atoms. The summed E-state index contributed by atoms with van der Waals surface area (Å²) >= 11 is 3.47. The third-order valence-corrected chi connectivity index (χ3v) is 5.27. The minimum atomic E-state index is -0.896. The van der Waals surface area contributed by atoms with Crippen LogP contribution in [-0.2, 0) is 30.0 Å². The van der Waals surface area contributed by atoms with E-state index < -0.39 is 11.0 Å². The highest BCUT2D eigenvalue weighted by Gasteiger charge is 2.55. The van der Waals surface area contributed by atoms with Gasteiger partial charge in [-0.15, -0.1) is 0 Å². The molecule has 0 aromatic heterocycles. The van der Waals surface area contributed by atoms with Gasteiger partial charge in [0, 0.05) is 4.47 Å². The van der Waals surface area contributed by atoms with Crippen LogP contribution >= 0.6 is 15.9 Å². The van der Waals surface area contributed by atoms with Crippen molar-refractivity contribution in [2.75, 3.05) is 20.3 Å². The maximum Gasteiger partial charge on any atom is 0.306 e. The number of hydrogen-bond donors (Lipinski definition) is 1. The molecule has 6 heteroatoms. The van der Waals surface area contributed by atoms with Crippen molar-refractivity contribution < 1.29 is 19.1 Å². The molecule has 2 aliphatic heterocycles. The smallest absolute Gasteiger partial charge is 0.306 e. The Labute approximate surface area is 137 Å². The molecule has 0 saturated carbocycles. The number of carbonyl (C=O) groups excluding carboxylic acids is 2. The lowest BCUT2D eigenvalue weighted by atomic mass is 9.65. The number of esters is 1. The fraction of sp³-hybridized carbons (Fsp3) is 0.500. The predicted molar refractivity (Wildman–Crippen MR) is 83.4 cm³/mol. The molecule has 1 atom stereocenters. The Morgan fingerprint density at radius 1 is 1.41 bits per heavy atom. The Morgan fingerprint density at radius 3 is 2.68 bits per heavy atom. The van der Waals surface area contributed by atoms with E-state index in [1.54, 1.807) is 0 Å². The molecule has 118 valence electrons. The van der Waals surface area contributed by atoms with E-state index in [0.29, 0.717) is 19.6 Å². The molecule has 0 aliphatic carbocycles. The van der Waals surface area contributed by atoms with E-state index in [9.17, 15) is 9.59 Å². The number of halogens is 1. The highest BCUT2D eigenvalue weighted by molar-refractivity contribution is 9.10. The number of methoxy groups -OCH3 is 1. The van der Waals surface area contributed by atoms with E-state index in [2.05, 4.69) is 21.2 Å². The van der Waals surface area contributed by atoms with Crippen molar-refractivity contribution in [2.45, 2.75) is 30.7 Å². The molecule has 2 aliphatic rings. The van der Waals surface area contributed by atoms with Gasteiger partial charge in [0.05, 0.1) is 32.2 Å². The summed E-state index contributed by atoms with van der Waals surface area (Å²) in [7, 11) is 1.34. The van der Waals surface area contributed by atoms with Gasteiger partial charge in [0.2, 0.25) is 5.91 Å². The second-order valence-electron chi connectivity index (χ2n) is 5.91. The summed E-state index contributed by atoms with van der Waals surface area (Å²) in [5, 5.41) is 3.09. The molecule has 2 heterocycles. The van der Waals surface area contributed by atoms with Gasteiger partial charge >= 0.3 is 5.97 Å². The van der Waals surface area contributed by atoms with Crippen LogP contribution in [-0.4, -0.2) is 32.2 Å². The summed E-state index contributed by atoms with van der Waals surface area (Å²) < 4.78 is 11.0. The monoisotopic (exact) mass is 367 g/mol. The molecule has 1 N–H and O–H groups in total. The van der Waals surface area contributed by atoms with Gasteiger partial charge in [0.25, 0.3) is 0 Å². The van der Waals surface area contributed by atoms with Crippen molar-refractivity contribution in [3.63, 3.8) is 0 Å². The lowest BCUT2D eigenvalue weighted by molar-refractivity contribution is -0.151. The van der Waals surface area contributed by atoms with Crippen molar-refractivity contribution in [1.29, 1.82) is 0 Å². The third-order valence-electron chi connectivity index (χ3n) is 4.77. The van der Waals surface area contributed by atoms with Gasteiger partial charge in [-0.05, 0) is 29.7 Å². The molecule has 1 unspecified atom stereocenters. The maximum absolute atomic E-state index is 12.9. The summed E-state index contributed by atoms with van der Waals surface area (Å²) in [6, 6.07) is 5.90. The third kappa shape index (κ3) is 2.08. The van der Waals surface area contributed by atoms with Crippen LogP contribution in [0.25, 0.3) is 0 Å². The Balaban J connectivity index is 2.18. The van der Waals surface area contributed by atoms with Crippen molar-refractivity contribution in [3.05, 3.63) is 33.8 Å². The minimum absolute atomic E-state index is 0.0340. The predicted octanol–water partition coefficient (Wildman–Crippen LogP) is 2.02. The standard InChI is InChI=1S/C16H18BrNO4/c1-3-15(7-13(19)21-2)12-6-10(17)4-5-11(12)16(8-22-9-16)18-14(15)20/h4-6H,3,7-9H2,1-2H3,(H,18,20). The highest BCUT2D eigenvalue weighted by Crippen LogP contribution is 2.46. The zero-order valence-corrected chi connectivity index (χ0v) is 14.2. The first-order chi connectivity index (χ1) is 10.5. The van der Waals surface area contributed by atoms with Gasteiger partial charge in [-0.3, -0.25) is 9.59 Å². The average molecular weight is 368 g/mol. The van der Waals surface area contributed by atoms with Crippen LogP contribution < -0.4 is 5.32 Å². The van der Waals surface area contributed by atoms with Crippen LogP contribution in [0, 0.1) is 0 Å². The molecule has 1 spiro atoms. The molecular weight excluding hydrogens is 350 g/mol. The molecule has 1 fully saturated rings. The number of fused-ring (bicyclic) bond motifs is 2. The molecule has 22 heavy (non-hydrogen) atoms. The van der Waals surface area contributed by atoms with Gasteiger partial charge in [-0.2, -0.15) is 0 Å². The minimum Gasteiger partial charge on any atom is -0.469 e. The van der Waals surface area contributed by atoms with E-state index in [1.165, 1.54) is 7.11 Å². The van der Waals surface area contributed by atoms with Gasteiger partial charge < -0.3 is 14.8 Å². The van der Waals surface area contributed by atoms with Crippen molar-refractivity contribution in [3.8, 4) is 0 Å². The Bertz CT molecular complexity index is 641. The maximum atomic E-state index is 12.9. The van der Waals surface area contributed by atoms with Gasteiger partial charge in [0.15, 0.2) is 0 Å². The molecule has 1 aromatic carbocycles. The Kier molecular flexibility index (Phi) is 3.77. The highest BCUT2D eigenvalue weighted by atomic mass is 79.9. The Hall–Kier alpha value is -1.40. The zero-order valence-electron chi connectivity index (χ0n) is 12.6. The lowest BCUT2D eigenvalue weighted by Crippen LogP contribution is -2.67. The van der Waals surface area contributed by atoms with Crippen molar-refractivity contribution in [2.24, 2.45) is 0 Å². The summed E-state index contributed by atoms with van der Waals surface area (Å²) in [6.45, 7) is 2.85. The largest absolute Gasteiger partial charge is 0.469 e. The van der Waals surface area contributed by atoms with Crippen LogP contribution in [0.5, 0.6) is 0 Å². The quantitative estimate of drug-likeness (QED) is 0.830. The number of ether oxygens (including phenoxy) is 2. The molecule has 1 aromatic rings. The normalized spacial score (nSPS) is 25.1. The number of nitrogens with one attached hydrogen (secondary N) is 1. The lowest BCUT2D eigenvalue weighted by Gasteiger charge is -2.51. The SMILES string of the molecule is CCC1(CC(=O)OC)C(=O)NC2(COC2)c2ccc(Br)cc21. The second kappa shape index (κ2) is 5.35.